The molecule has 192 valence electrons. The molecule has 37 heavy (non-hydrogen) atoms. The van der Waals surface area contributed by atoms with Crippen molar-refractivity contribution in [2.75, 3.05) is 6.61 Å². The van der Waals surface area contributed by atoms with Gasteiger partial charge in [-0.3, -0.25) is 4.79 Å². The van der Waals surface area contributed by atoms with E-state index in [4.69, 9.17) is 44.3 Å². The first kappa shape index (κ1) is 27.5. The van der Waals surface area contributed by atoms with Crippen molar-refractivity contribution in [2.45, 2.75) is 33.3 Å². The molecule has 4 aromatic rings. The van der Waals surface area contributed by atoms with Gasteiger partial charge >= 0.3 is 0 Å². The highest BCUT2D eigenvalue weighted by molar-refractivity contribution is 9.10. The number of benzene rings is 3. The Labute approximate surface area is 237 Å². The highest BCUT2D eigenvalue weighted by Gasteiger charge is 2.14. The molecule has 0 spiro atoms. The second kappa shape index (κ2) is 12.3. The maximum absolute atomic E-state index is 13.3. The SMILES string of the molecule is CCCc1nc2ccc(Br)cc2c(=O)n1N=Cc1cc(Cl)c(OCc2ccc(Cl)c(Cl)c2)c(OCC)c1. The van der Waals surface area contributed by atoms with Gasteiger partial charge in [0.15, 0.2) is 11.5 Å². The van der Waals surface area contributed by atoms with Crippen LogP contribution in [0.15, 0.2) is 62.9 Å². The lowest BCUT2D eigenvalue weighted by atomic mass is 10.2. The van der Waals surface area contributed by atoms with Crippen molar-refractivity contribution in [1.29, 1.82) is 0 Å². The molecule has 0 fully saturated rings. The summed E-state index contributed by atoms with van der Waals surface area (Å²) in [5, 5.41) is 6.21. The molecule has 0 radical (unpaired) electrons. The summed E-state index contributed by atoms with van der Waals surface area (Å²) in [6.45, 7) is 4.52. The number of ether oxygens (including phenoxy) is 2. The molecule has 0 atom stereocenters. The third-order valence-electron chi connectivity index (χ3n) is 5.37. The van der Waals surface area contributed by atoms with E-state index in [1.165, 1.54) is 4.68 Å². The highest BCUT2D eigenvalue weighted by Crippen LogP contribution is 2.37. The lowest BCUT2D eigenvalue weighted by Gasteiger charge is -2.15. The Hall–Kier alpha value is -2.58. The molecule has 0 saturated heterocycles. The summed E-state index contributed by atoms with van der Waals surface area (Å²) in [5.41, 5.74) is 1.85. The number of hydrogen-bond acceptors (Lipinski definition) is 5. The number of aryl methyl sites for hydroxylation is 1. The topological polar surface area (TPSA) is 65.7 Å². The van der Waals surface area contributed by atoms with E-state index in [0.717, 1.165) is 16.5 Å². The average Bonchev–Trinajstić information content (AvgIpc) is 2.86. The van der Waals surface area contributed by atoms with Crippen molar-refractivity contribution in [1.82, 2.24) is 9.66 Å². The quantitative estimate of drug-likeness (QED) is 0.178. The molecule has 1 heterocycles. The van der Waals surface area contributed by atoms with Gasteiger partial charge < -0.3 is 9.47 Å². The Morgan fingerprint density at radius 1 is 1.00 bits per heavy atom. The van der Waals surface area contributed by atoms with Crippen LogP contribution in [-0.4, -0.2) is 22.5 Å². The molecule has 0 aliphatic carbocycles. The van der Waals surface area contributed by atoms with Crippen molar-refractivity contribution in [2.24, 2.45) is 5.10 Å². The molecular weight excluding hydrogens is 601 g/mol. The minimum absolute atomic E-state index is 0.220. The zero-order chi connectivity index (χ0) is 26.5. The lowest BCUT2D eigenvalue weighted by Crippen LogP contribution is -2.22. The minimum Gasteiger partial charge on any atom is -0.490 e. The average molecular weight is 624 g/mol. The maximum Gasteiger partial charge on any atom is 0.282 e. The predicted molar refractivity (Wildman–Crippen MR) is 154 cm³/mol. The fourth-order valence-electron chi connectivity index (χ4n) is 3.67. The summed E-state index contributed by atoms with van der Waals surface area (Å²) in [5.74, 6) is 1.43. The van der Waals surface area contributed by atoms with E-state index >= 15 is 0 Å². The summed E-state index contributed by atoms with van der Waals surface area (Å²) in [4.78, 5) is 17.9. The zero-order valence-electron chi connectivity index (χ0n) is 20.1. The van der Waals surface area contributed by atoms with Gasteiger partial charge in [0.05, 0.1) is 38.8 Å². The van der Waals surface area contributed by atoms with Gasteiger partial charge in [0.25, 0.3) is 5.56 Å². The first-order valence-electron chi connectivity index (χ1n) is 11.6. The van der Waals surface area contributed by atoms with Gasteiger partial charge in [-0.2, -0.15) is 9.78 Å². The summed E-state index contributed by atoms with van der Waals surface area (Å²) in [7, 11) is 0. The van der Waals surface area contributed by atoms with Crippen LogP contribution in [0.5, 0.6) is 11.5 Å². The van der Waals surface area contributed by atoms with E-state index in [-0.39, 0.29) is 12.2 Å². The number of hydrogen-bond donors (Lipinski definition) is 0. The maximum atomic E-state index is 13.3. The lowest BCUT2D eigenvalue weighted by molar-refractivity contribution is 0.269. The van der Waals surface area contributed by atoms with Crippen LogP contribution in [-0.2, 0) is 13.0 Å². The molecule has 6 nitrogen and oxygen atoms in total. The molecule has 0 saturated carbocycles. The zero-order valence-corrected chi connectivity index (χ0v) is 24.0. The number of halogens is 4. The Bertz CT molecular complexity index is 1540. The van der Waals surface area contributed by atoms with Gasteiger partial charge in [-0.25, -0.2) is 4.98 Å². The fourth-order valence-corrected chi connectivity index (χ4v) is 4.63. The molecule has 4 rings (SSSR count). The van der Waals surface area contributed by atoms with Crippen molar-refractivity contribution in [3.63, 3.8) is 0 Å². The second-order valence-corrected chi connectivity index (χ2v) is 10.2. The number of nitrogens with zero attached hydrogens (tertiary/aromatic N) is 3. The van der Waals surface area contributed by atoms with Crippen LogP contribution in [0.1, 0.15) is 37.2 Å². The molecule has 0 bridgehead atoms. The molecule has 0 aliphatic heterocycles. The van der Waals surface area contributed by atoms with Gasteiger partial charge in [-0.05, 0) is 66.9 Å². The summed E-state index contributed by atoms with van der Waals surface area (Å²) in [6.07, 6.45) is 2.98. The van der Waals surface area contributed by atoms with E-state index in [1.54, 1.807) is 36.5 Å². The van der Waals surface area contributed by atoms with Crippen molar-refractivity contribution in [3.8, 4) is 11.5 Å². The summed E-state index contributed by atoms with van der Waals surface area (Å²) >= 11 is 22.1. The highest BCUT2D eigenvalue weighted by atomic mass is 79.9. The largest absolute Gasteiger partial charge is 0.490 e. The van der Waals surface area contributed by atoms with Crippen molar-refractivity contribution >= 4 is 67.9 Å². The van der Waals surface area contributed by atoms with Crippen molar-refractivity contribution in [3.05, 3.63) is 95.4 Å². The second-order valence-electron chi connectivity index (χ2n) is 8.10. The van der Waals surface area contributed by atoms with Crippen LogP contribution in [0.25, 0.3) is 10.9 Å². The molecule has 10 heteroatoms. The molecular formula is C27H23BrCl3N3O3. The van der Waals surface area contributed by atoms with E-state index in [0.29, 0.717) is 61.9 Å². The number of fused-ring (bicyclic) bond motifs is 1. The molecule has 0 aliphatic rings. The Balaban J connectivity index is 1.68. The van der Waals surface area contributed by atoms with Crippen LogP contribution in [0.3, 0.4) is 0 Å². The number of rotatable bonds is 9. The summed E-state index contributed by atoms with van der Waals surface area (Å²) in [6, 6.07) is 14.2. The minimum atomic E-state index is -0.247. The third kappa shape index (κ3) is 6.47. The third-order valence-corrected chi connectivity index (χ3v) is 6.88. The van der Waals surface area contributed by atoms with Crippen LogP contribution >= 0.6 is 50.7 Å². The monoisotopic (exact) mass is 621 g/mol. The van der Waals surface area contributed by atoms with E-state index < -0.39 is 0 Å². The molecule has 0 N–H and O–H groups in total. The van der Waals surface area contributed by atoms with Crippen LogP contribution in [0.4, 0.5) is 0 Å². The molecule has 1 aromatic heterocycles. The van der Waals surface area contributed by atoms with Crippen molar-refractivity contribution < 1.29 is 9.47 Å². The predicted octanol–water partition coefficient (Wildman–Crippen LogP) is 7.93. The van der Waals surface area contributed by atoms with Gasteiger partial charge in [0.1, 0.15) is 12.4 Å². The fraction of sp³-hybridized carbons (Fsp3) is 0.222. The molecule has 0 amide bonds. The van der Waals surface area contributed by atoms with Crippen LogP contribution in [0, 0.1) is 0 Å². The van der Waals surface area contributed by atoms with E-state index in [2.05, 4.69) is 26.0 Å². The smallest absolute Gasteiger partial charge is 0.282 e. The Morgan fingerprint density at radius 2 is 1.81 bits per heavy atom. The van der Waals surface area contributed by atoms with E-state index in [1.807, 2.05) is 32.0 Å². The molecule has 0 unspecified atom stereocenters. The first-order chi connectivity index (χ1) is 17.8. The van der Waals surface area contributed by atoms with Gasteiger partial charge in [-0.1, -0.05) is 63.7 Å². The van der Waals surface area contributed by atoms with Gasteiger partial charge in [-0.15, -0.1) is 0 Å². The Morgan fingerprint density at radius 3 is 2.54 bits per heavy atom. The number of aromatic nitrogens is 2. The van der Waals surface area contributed by atoms with Gasteiger partial charge in [0.2, 0.25) is 0 Å². The van der Waals surface area contributed by atoms with E-state index in [9.17, 15) is 4.79 Å². The molecule has 3 aromatic carbocycles. The summed E-state index contributed by atoms with van der Waals surface area (Å²) < 4.78 is 13.9. The van der Waals surface area contributed by atoms with Crippen LogP contribution in [0.2, 0.25) is 15.1 Å². The van der Waals surface area contributed by atoms with Gasteiger partial charge in [0, 0.05) is 10.9 Å². The Kier molecular flexibility index (Phi) is 9.13. The van der Waals surface area contributed by atoms with Crippen LogP contribution < -0.4 is 15.0 Å². The first-order valence-corrected chi connectivity index (χ1v) is 13.5. The normalized spacial score (nSPS) is 11.4. The standard InChI is InChI=1S/C27H23BrCl3N3O3/c1-3-5-25-33-23-9-7-18(28)13-19(23)27(35)34(25)32-14-17-11-22(31)26(24(12-17)36-4-2)37-15-16-6-8-20(29)21(30)10-16/h6-14H,3-5,15H2,1-2H3.